The summed E-state index contributed by atoms with van der Waals surface area (Å²) in [7, 11) is -3.18. The van der Waals surface area contributed by atoms with Crippen LogP contribution in [0.4, 0.5) is 0 Å². The molecule has 3 aliphatic heterocycles. The summed E-state index contributed by atoms with van der Waals surface area (Å²) < 4.78 is 33.0. The van der Waals surface area contributed by atoms with Crippen LogP contribution in [0.3, 0.4) is 0 Å². The smallest absolute Gasteiger partial charge is 0.216 e. The Labute approximate surface area is 102 Å². The quantitative estimate of drug-likeness (QED) is 0.748. The van der Waals surface area contributed by atoms with Crippen molar-refractivity contribution in [3.05, 3.63) is 0 Å². The summed E-state index contributed by atoms with van der Waals surface area (Å²) in [5, 5.41) is 2.88. The number of fused-ring (bicyclic) bond motifs is 2. The van der Waals surface area contributed by atoms with Crippen LogP contribution in [0.2, 0.25) is 0 Å². The maximum absolute atomic E-state index is 12.2. The summed E-state index contributed by atoms with van der Waals surface area (Å²) in [5.41, 5.74) is 0. The molecular weight excluding hydrogens is 240 g/mol. The van der Waals surface area contributed by atoms with Gasteiger partial charge in [-0.25, -0.2) is 13.1 Å². The molecule has 0 aromatic heterocycles. The Morgan fingerprint density at radius 1 is 1.24 bits per heavy atom. The first-order valence-electron chi connectivity index (χ1n) is 6.52. The zero-order chi connectivity index (χ0) is 11.9. The number of hydrogen-bond donors (Lipinski definition) is 2. The van der Waals surface area contributed by atoms with Gasteiger partial charge in [0.15, 0.2) is 0 Å². The van der Waals surface area contributed by atoms with Crippen molar-refractivity contribution in [1.82, 2.24) is 10.0 Å². The standard InChI is InChI=1S/C11H20N2O3S/c14-17(15,9-2-1-5-12-7-9)13-10-6-8-3-4-11(10)16-8/h8-13H,1-7H2. The lowest BCUT2D eigenvalue weighted by Crippen LogP contribution is -2.49. The Hall–Kier alpha value is -0.170. The van der Waals surface area contributed by atoms with Crippen LogP contribution in [0, 0.1) is 0 Å². The van der Waals surface area contributed by atoms with E-state index in [1.807, 2.05) is 0 Å². The maximum atomic E-state index is 12.2. The van der Waals surface area contributed by atoms with Gasteiger partial charge in [-0.2, -0.15) is 0 Å². The first-order chi connectivity index (χ1) is 8.15. The molecule has 2 bridgehead atoms. The van der Waals surface area contributed by atoms with E-state index in [-0.39, 0.29) is 23.5 Å². The first-order valence-corrected chi connectivity index (χ1v) is 8.07. The van der Waals surface area contributed by atoms with Crippen LogP contribution in [0.25, 0.3) is 0 Å². The summed E-state index contributed by atoms with van der Waals surface area (Å²) in [5.74, 6) is 0. The van der Waals surface area contributed by atoms with Gasteiger partial charge >= 0.3 is 0 Å². The van der Waals surface area contributed by atoms with Crippen molar-refractivity contribution in [2.24, 2.45) is 0 Å². The van der Waals surface area contributed by atoms with Crippen LogP contribution >= 0.6 is 0 Å². The van der Waals surface area contributed by atoms with Crippen LogP contribution in [-0.2, 0) is 14.8 Å². The molecule has 3 saturated heterocycles. The van der Waals surface area contributed by atoms with E-state index < -0.39 is 10.0 Å². The number of nitrogens with one attached hydrogen (secondary N) is 2. The zero-order valence-electron chi connectivity index (χ0n) is 9.89. The highest BCUT2D eigenvalue weighted by molar-refractivity contribution is 7.90. The van der Waals surface area contributed by atoms with Gasteiger partial charge in [0.2, 0.25) is 10.0 Å². The summed E-state index contributed by atoms with van der Waals surface area (Å²) >= 11 is 0. The molecule has 0 radical (unpaired) electrons. The Kier molecular flexibility index (Phi) is 3.15. The molecule has 0 amide bonds. The Morgan fingerprint density at radius 2 is 2.12 bits per heavy atom. The normalized spacial score (nSPS) is 41.9. The third-order valence-electron chi connectivity index (χ3n) is 4.11. The van der Waals surface area contributed by atoms with Crippen molar-refractivity contribution in [2.45, 2.75) is 55.6 Å². The molecule has 0 aromatic rings. The van der Waals surface area contributed by atoms with E-state index in [0.29, 0.717) is 6.54 Å². The minimum Gasteiger partial charge on any atom is -0.373 e. The molecule has 6 heteroatoms. The molecule has 3 fully saturated rings. The van der Waals surface area contributed by atoms with E-state index in [9.17, 15) is 8.42 Å². The highest BCUT2D eigenvalue weighted by Gasteiger charge is 2.43. The molecule has 0 saturated carbocycles. The molecular formula is C11H20N2O3S. The van der Waals surface area contributed by atoms with Crippen LogP contribution in [0.5, 0.6) is 0 Å². The van der Waals surface area contributed by atoms with Gasteiger partial charge in [0.05, 0.1) is 23.5 Å². The van der Waals surface area contributed by atoms with Crippen molar-refractivity contribution in [2.75, 3.05) is 13.1 Å². The highest BCUT2D eigenvalue weighted by Crippen LogP contribution is 2.34. The Balaban J connectivity index is 1.63. The van der Waals surface area contributed by atoms with Crippen LogP contribution in [-0.4, -0.2) is 45.0 Å². The van der Waals surface area contributed by atoms with Gasteiger partial charge in [-0.15, -0.1) is 0 Å². The SMILES string of the molecule is O=S(=O)(NC1CC2CCC1O2)C1CCCNC1. The van der Waals surface area contributed by atoms with Gasteiger partial charge in [0.25, 0.3) is 0 Å². The van der Waals surface area contributed by atoms with Gasteiger partial charge in [0, 0.05) is 6.54 Å². The van der Waals surface area contributed by atoms with E-state index in [1.165, 1.54) is 0 Å². The fraction of sp³-hybridized carbons (Fsp3) is 1.00. The molecule has 0 spiro atoms. The molecule has 98 valence electrons. The predicted octanol–water partition coefficient (Wildman–Crippen LogP) is -0.0223. The van der Waals surface area contributed by atoms with Crippen molar-refractivity contribution in [1.29, 1.82) is 0 Å². The van der Waals surface area contributed by atoms with E-state index >= 15 is 0 Å². The summed E-state index contributed by atoms with van der Waals surface area (Å²) in [6.45, 7) is 1.51. The fourth-order valence-electron chi connectivity index (χ4n) is 3.15. The van der Waals surface area contributed by atoms with Gasteiger partial charge in [-0.3, -0.25) is 0 Å². The molecule has 4 unspecified atom stereocenters. The molecule has 3 aliphatic rings. The summed E-state index contributed by atoms with van der Waals surface area (Å²) in [4.78, 5) is 0. The highest BCUT2D eigenvalue weighted by atomic mass is 32.2. The molecule has 3 rings (SSSR count). The summed E-state index contributed by atoms with van der Waals surface area (Å²) in [6.07, 6.45) is 5.06. The molecule has 2 N–H and O–H groups in total. The lowest BCUT2D eigenvalue weighted by atomic mass is 9.96. The summed E-state index contributed by atoms with van der Waals surface area (Å²) in [6, 6.07) is 0.0145. The van der Waals surface area contributed by atoms with Gasteiger partial charge in [-0.05, 0) is 38.6 Å². The van der Waals surface area contributed by atoms with Crippen LogP contribution < -0.4 is 10.0 Å². The Morgan fingerprint density at radius 3 is 2.71 bits per heavy atom. The lowest BCUT2D eigenvalue weighted by molar-refractivity contribution is 0.0995. The second kappa shape index (κ2) is 4.50. The lowest BCUT2D eigenvalue weighted by Gasteiger charge is -2.26. The maximum Gasteiger partial charge on any atom is 0.216 e. The average molecular weight is 260 g/mol. The first kappa shape index (κ1) is 11.9. The van der Waals surface area contributed by atoms with E-state index in [0.717, 1.165) is 38.6 Å². The molecule has 5 nitrogen and oxygen atoms in total. The van der Waals surface area contributed by atoms with Crippen molar-refractivity contribution in [3.63, 3.8) is 0 Å². The average Bonchev–Trinajstić information content (AvgIpc) is 2.91. The van der Waals surface area contributed by atoms with E-state index in [4.69, 9.17) is 4.74 Å². The van der Waals surface area contributed by atoms with Gasteiger partial charge < -0.3 is 10.1 Å². The largest absolute Gasteiger partial charge is 0.373 e. The van der Waals surface area contributed by atoms with Crippen molar-refractivity contribution < 1.29 is 13.2 Å². The molecule has 0 aromatic carbocycles. The van der Waals surface area contributed by atoms with Crippen molar-refractivity contribution in [3.8, 4) is 0 Å². The third kappa shape index (κ3) is 2.36. The molecule has 0 aliphatic carbocycles. The second-order valence-corrected chi connectivity index (χ2v) is 7.34. The number of piperidine rings is 1. The molecule has 4 atom stereocenters. The molecule has 3 heterocycles. The topological polar surface area (TPSA) is 67.4 Å². The zero-order valence-corrected chi connectivity index (χ0v) is 10.7. The minimum atomic E-state index is -3.18. The van der Waals surface area contributed by atoms with Gasteiger partial charge in [-0.1, -0.05) is 0 Å². The number of ether oxygens (including phenoxy) is 1. The van der Waals surface area contributed by atoms with Crippen LogP contribution in [0.15, 0.2) is 0 Å². The third-order valence-corrected chi connectivity index (χ3v) is 6.02. The fourth-order valence-corrected chi connectivity index (χ4v) is 4.83. The van der Waals surface area contributed by atoms with E-state index in [1.54, 1.807) is 0 Å². The monoisotopic (exact) mass is 260 g/mol. The second-order valence-electron chi connectivity index (χ2n) is 5.35. The number of rotatable bonds is 3. The molecule has 17 heavy (non-hydrogen) atoms. The Bertz CT molecular complexity index is 378. The predicted molar refractivity (Wildman–Crippen MR) is 64.2 cm³/mol. The van der Waals surface area contributed by atoms with Gasteiger partial charge in [0.1, 0.15) is 0 Å². The van der Waals surface area contributed by atoms with Crippen molar-refractivity contribution >= 4 is 10.0 Å². The minimum absolute atomic E-state index is 0.0145. The number of sulfonamides is 1. The van der Waals surface area contributed by atoms with Crippen LogP contribution in [0.1, 0.15) is 32.1 Å². The van der Waals surface area contributed by atoms with E-state index in [2.05, 4.69) is 10.0 Å². The number of hydrogen-bond acceptors (Lipinski definition) is 4.